The van der Waals surface area contributed by atoms with Gasteiger partial charge in [-0.15, -0.1) is 0 Å². The maximum Gasteiger partial charge on any atom is 0.0600 e. The first-order valence-corrected chi connectivity index (χ1v) is 4.93. The lowest BCUT2D eigenvalue weighted by Gasteiger charge is -2.31. The van der Waals surface area contributed by atoms with Gasteiger partial charge < -0.3 is 10.6 Å². The van der Waals surface area contributed by atoms with E-state index in [1.165, 1.54) is 45.2 Å². The first-order valence-electron chi connectivity index (χ1n) is 4.93. The lowest BCUT2D eigenvalue weighted by molar-refractivity contribution is 0.245. The Morgan fingerprint density at radius 2 is 1.55 bits per heavy atom. The van der Waals surface area contributed by atoms with Crippen LogP contribution in [0.5, 0.6) is 0 Å². The van der Waals surface area contributed by atoms with Crippen molar-refractivity contribution < 1.29 is 0 Å². The van der Waals surface area contributed by atoms with Gasteiger partial charge in [0.25, 0.3) is 0 Å². The summed E-state index contributed by atoms with van der Waals surface area (Å²) in [6.07, 6.45) is 7.69. The van der Waals surface area contributed by atoms with E-state index in [0.717, 1.165) is 5.92 Å². The number of fused-ring (bicyclic) bond motifs is 1. The van der Waals surface area contributed by atoms with E-state index in [1.54, 1.807) is 0 Å². The van der Waals surface area contributed by atoms with Crippen molar-refractivity contribution >= 4 is 0 Å². The van der Waals surface area contributed by atoms with Crippen LogP contribution in [0.25, 0.3) is 0 Å². The van der Waals surface area contributed by atoms with Crippen LogP contribution in [0.4, 0.5) is 0 Å². The van der Waals surface area contributed by atoms with Crippen LogP contribution in [0.1, 0.15) is 32.1 Å². The molecule has 0 spiro atoms. The molecule has 2 saturated heterocycles. The van der Waals surface area contributed by atoms with Gasteiger partial charge in [0.1, 0.15) is 0 Å². The smallest absolute Gasteiger partial charge is 0.0600 e. The molecule has 0 saturated carbocycles. The lowest BCUT2D eigenvalue weighted by Crippen LogP contribution is -2.50. The van der Waals surface area contributed by atoms with Gasteiger partial charge in [0.2, 0.25) is 0 Å². The second-order valence-electron chi connectivity index (χ2n) is 3.78. The first kappa shape index (κ1) is 7.56. The maximum atomic E-state index is 3.57. The Hall–Kier alpha value is -0.0800. The van der Waals surface area contributed by atoms with Crippen LogP contribution in [0.2, 0.25) is 0 Å². The molecular formula is C9H18N2. The van der Waals surface area contributed by atoms with Crippen molar-refractivity contribution in [3.63, 3.8) is 0 Å². The van der Waals surface area contributed by atoms with Crippen LogP contribution in [0.3, 0.4) is 0 Å². The molecule has 0 bridgehead atoms. The highest BCUT2D eigenvalue weighted by Crippen LogP contribution is 2.22. The third-order valence-corrected chi connectivity index (χ3v) is 2.95. The number of nitrogens with one attached hydrogen (secondary N) is 2. The predicted octanol–water partition coefficient (Wildman–Crippen LogP) is 1.09. The molecule has 11 heavy (non-hydrogen) atoms. The van der Waals surface area contributed by atoms with Crippen LogP contribution in [0.15, 0.2) is 0 Å². The zero-order valence-corrected chi connectivity index (χ0v) is 7.10. The summed E-state index contributed by atoms with van der Waals surface area (Å²) in [5.41, 5.74) is 0. The van der Waals surface area contributed by atoms with Gasteiger partial charge in [-0.3, -0.25) is 0 Å². The van der Waals surface area contributed by atoms with Crippen molar-refractivity contribution in [1.29, 1.82) is 0 Å². The predicted molar refractivity (Wildman–Crippen MR) is 46.4 cm³/mol. The van der Waals surface area contributed by atoms with E-state index in [1.807, 2.05) is 0 Å². The maximum absolute atomic E-state index is 3.57. The van der Waals surface area contributed by atoms with Gasteiger partial charge in [-0.1, -0.05) is 6.42 Å². The highest BCUT2D eigenvalue weighted by atomic mass is 15.1. The number of rotatable bonds is 0. The molecule has 2 fully saturated rings. The molecule has 0 amide bonds. The monoisotopic (exact) mass is 154 g/mol. The minimum absolute atomic E-state index is 0.645. The molecule has 0 aromatic rings. The standard InChI is InChI=1S/C9H18N2/c1-2-6-10-9-8(4-1)5-3-7-11-9/h8-11H,1-7H2. The first-order chi connectivity index (χ1) is 5.47. The molecule has 2 heteroatoms. The Bertz CT molecular complexity index is 111. The largest absolute Gasteiger partial charge is 0.302 e. The third-order valence-electron chi connectivity index (χ3n) is 2.95. The summed E-state index contributed by atoms with van der Waals surface area (Å²) in [6, 6.07) is 0. The number of hydrogen-bond acceptors (Lipinski definition) is 2. The van der Waals surface area contributed by atoms with Gasteiger partial charge in [-0.25, -0.2) is 0 Å². The van der Waals surface area contributed by atoms with E-state index in [0.29, 0.717) is 6.17 Å². The fourth-order valence-corrected chi connectivity index (χ4v) is 2.29. The Morgan fingerprint density at radius 1 is 0.818 bits per heavy atom. The Kier molecular flexibility index (Phi) is 2.44. The van der Waals surface area contributed by atoms with Crippen molar-refractivity contribution in [3.8, 4) is 0 Å². The Morgan fingerprint density at radius 3 is 2.45 bits per heavy atom. The van der Waals surface area contributed by atoms with Crippen LogP contribution in [-0.4, -0.2) is 19.3 Å². The van der Waals surface area contributed by atoms with Gasteiger partial charge in [-0.2, -0.15) is 0 Å². The summed E-state index contributed by atoms with van der Waals surface area (Å²) < 4.78 is 0. The molecule has 2 aliphatic heterocycles. The number of hydrogen-bond donors (Lipinski definition) is 2. The van der Waals surface area contributed by atoms with Crippen LogP contribution < -0.4 is 10.6 Å². The summed E-state index contributed by atoms with van der Waals surface area (Å²) in [4.78, 5) is 0. The molecular weight excluding hydrogens is 136 g/mol. The van der Waals surface area contributed by atoms with Crippen molar-refractivity contribution in [2.75, 3.05) is 13.1 Å². The van der Waals surface area contributed by atoms with E-state index in [9.17, 15) is 0 Å². The fraction of sp³-hybridized carbons (Fsp3) is 1.00. The van der Waals surface area contributed by atoms with Crippen molar-refractivity contribution in [1.82, 2.24) is 10.6 Å². The molecule has 2 rings (SSSR count). The van der Waals surface area contributed by atoms with Gasteiger partial charge >= 0.3 is 0 Å². The molecule has 64 valence electrons. The molecule has 0 radical (unpaired) electrons. The molecule has 0 aromatic heterocycles. The summed E-state index contributed by atoms with van der Waals surface area (Å²) in [7, 11) is 0. The summed E-state index contributed by atoms with van der Waals surface area (Å²) in [5.74, 6) is 0.922. The molecule has 2 heterocycles. The highest BCUT2D eigenvalue weighted by Gasteiger charge is 2.24. The lowest BCUT2D eigenvalue weighted by atomic mass is 9.92. The van der Waals surface area contributed by atoms with Crippen LogP contribution in [-0.2, 0) is 0 Å². The quantitative estimate of drug-likeness (QED) is 0.545. The van der Waals surface area contributed by atoms with Gasteiger partial charge in [0.05, 0.1) is 6.17 Å². The summed E-state index contributed by atoms with van der Waals surface area (Å²) in [5, 5.41) is 7.12. The Balaban J connectivity index is 1.93. The molecule has 2 unspecified atom stereocenters. The van der Waals surface area contributed by atoms with Crippen LogP contribution in [0, 0.1) is 5.92 Å². The minimum atomic E-state index is 0.645. The second kappa shape index (κ2) is 3.55. The second-order valence-corrected chi connectivity index (χ2v) is 3.78. The molecule has 2 N–H and O–H groups in total. The molecule has 0 aromatic carbocycles. The SMILES string of the molecule is C1CCC2CCCNC2NC1. The van der Waals surface area contributed by atoms with Crippen molar-refractivity contribution in [3.05, 3.63) is 0 Å². The molecule has 2 aliphatic rings. The third kappa shape index (κ3) is 1.74. The van der Waals surface area contributed by atoms with E-state index >= 15 is 0 Å². The van der Waals surface area contributed by atoms with E-state index in [4.69, 9.17) is 0 Å². The molecule has 2 nitrogen and oxygen atoms in total. The molecule has 0 aliphatic carbocycles. The van der Waals surface area contributed by atoms with Gasteiger partial charge in [0, 0.05) is 0 Å². The Labute approximate surface area is 68.7 Å². The highest BCUT2D eigenvalue weighted by molar-refractivity contribution is 4.81. The van der Waals surface area contributed by atoms with Gasteiger partial charge in [0.15, 0.2) is 0 Å². The van der Waals surface area contributed by atoms with Crippen molar-refractivity contribution in [2.45, 2.75) is 38.3 Å². The van der Waals surface area contributed by atoms with Crippen LogP contribution >= 0.6 is 0 Å². The minimum Gasteiger partial charge on any atom is -0.302 e. The molecule has 2 atom stereocenters. The summed E-state index contributed by atoms with van der Waals surface area (Å²) in [6.45, 7) is 2.43. The summed E-state index contributed by atoms with van der Waals surface area (Å²) >= 11 is 0. The zero-order chi connectivity index (χ0) is 7.52. The van der Waals surface area contributed by atoms with E-state index in [2.05, 4.69) is 10.6 Å². The van der Waals surface area contributed by atoms with E-state index in [-0.39, 0.29) is 0 Å². The van der Waals surface area contributed by atoms with Crippen molar-refractivity contribution in [2.24, 2.45) is 5.92 Å². The normalized spacial score (nSPS) is 39.3. The number of piperidine rings is 1. The average Bonchev–Trinajstić information content (AvgIpc) is 2.28. The fourth-order valence-electron chi connectivity index (χ4n) is 2.29. The van der Waals surface area contributed by atoms with E-state index < -0.39 is 0 Å². The average molecular weight is 154 g/mol. The topological polar surface area (TPSA) is 24.1 Å². The van der Waals surface area contributed by atoms with Gasteiger partial charge in [-0.05, 0) is 44.7 Å². The zero-order valence-electron chi connectivity index (χ0n) is 7.10.